The van der Waals surface area contributed by atoms with E-state index in [4.69, 9.17) is 14.0 Å². The van der Waals surface area contributed by atoms with Crippen molar-refractivity contribution in [1.29, 1.82) is 0 Å². The number of amides is 1. The highest BCUT2D eigenvalue weighted by Crippen LogP contribution is 2.33. The molecule has 0 radical (unpaired) electrons. The average Bonchev–Trinajstić information content (AvgIpc) is 3.57. The van der Waals surface area contributed by atoms with Gasteiger partial charge < -0.3 is 24.3 Å². The molecule has 0 aliphatic carbocycles. The molecule has 5 rings (SSSR count). The number of carbonyl (C=O) groups is 1. The van der Waals surface area contributed by atoms with Crippen LogP contribution in [-0.2, 0) is 42.7 Å². The van der Waals surface area contributed by atoms with E-state index in [2.05, 4.69) is 76.9 Å². The van der Waals surface area contributed by atoms with Crippen molar-refractivity contribution < 1.29 is 31.4 Å². The van der Waals surface area contributed by atoms with Crippen molar-refractivity contribution in [3.63, 3.8) is 0 Å². The number of ether oxygens (including phenoxy) is 2. The van der Waals surface area contributed by atoms with E-state index < -0.39 is 20.9 Å². The predicted molar refractivity (Wildman–Crippen MR) is 218 cm³/mol. The molecule has 1 aliphatic rings. The number of carbonyl (C=O) groups excluding carboxylic acids is 1. The van der Waals surface area contributed by atoms with Gasteiger partial charge in [0, 0.05) is 54.3 Å². The summed E-state index contributed by atoms with van der Waals surface area (Å²) in [4.78, 5) is 21.0. The van der Waals surface area contributed by atoms with Crippen LogP contribution in [0.25, 0.3) is 17.2 Å². The minimum absolute atomic E-state index is 0.113. The first kappa shape index (κ1) is 42.4. The molecule has 2 heterocycles. The number of imidazole rings is 1. The molecule has 0 saturated heterocycles. The van der Waals surface area contributed by atoms with E-state index in [0.29, 0.717) is 37.3 Å². The van der Waals surface area contributed by atoms with Crippen LogP contribution in [0.1, 0.15) is 70.6 Å². The van der Waals surface area contributed by atoms with E-state index in [0.717, 1.165) is 103 Å². The number of unbranched alkanes of at least 4 members (excludes halogenated alkanes) is 1. The number of benzene rings is 3. The minimum atomic E-state index is -3.67. The first-order chi connectivity index (χ1) is 26.0. The topological polar surface area (TPSA) is 140 Å². The molecule has 13 heteroatoms. The molecule has 0 spiro atoms. The van der Waals surface area contributed by atoms with E-state index in [1.165, 1.54) is 0 Å². The second kappa shape index (κ2) is 21.6. The standard InChI is InChI=1S/C40H50N4O4S.CH4O3S/c1-4-7-23-47-24-25-48-37-15-10-31(11-16-37)32-12-19-39-34(26-32)27-33(9-8-22-43(39)20-5-2)40(45)42-35-13-17-38(18-14-35)49(46)29-36-28-41-30-44(36)21-6-3;1-5(2,3)4/h10-19,26-28,30H,4-9,20-25,29H2,1-3H3,(H,42,45);1H3,(H,2,3,4)/b33-27+;/t49-;/m0./s1. The van der Waals surface area contributed by atoms with Crippen LogP contribution < -0.4 is 15.0 Å². The van der Waals surface area contributed by atoms with Gasteiger partial charge in [-0.15, -0.1) is 0 Å². The Balaban J connectivity index is 0.00000122. The van der Waals surface area contributed by atoms with Crippen molar-refractivity contribution in [2.45, 2.75) is 76.5 Å². The molecule has 2 N–H and O–H groups in total. The predicted octanol–water partition coefficient (Wildman–Crippen LogP) is 8.00. The Morgan fingerprint density at radius 2 is 1.63 bits per heavy atom. The fourth-order valence-electron chi connectivity index (χ4n) is 6.00. The van der Waals surface area contributed by atoms with E-state index >= 15 is 0 Å². The lowest BCUT2D eigenvalue weighted by atomic mass is 9.96. The van der Waals surface area contributed by atoms with Gasteiger partial charge in [0.15, 0.2) is 0 Å². The van der Waals surface area contributed by atoms with Gasteiger partial charge in [-0.3, -0.25) is 13.6 Å². The first-order valence-corrected chi connectivity index (χ1v) is 21.8. The van der Waals surface area contributed by atoms with Gasteiger partial charge in [-0.1, -0.05) is 45.4 Å². The summed E-state index contributed by atoms with van der Waals surface area (Å²) in [6.45, 7) is 11.1. The molecule has 1 aromatic heterocycles. The molecule has 1 amide bonds. The highest BCUT2D eigenvalue weighted by atomic mass is 32.2. The Morgan fingerprint density at radius 1 is 0.926 bits per heavy atom. The fraction of sp³-hybridized carbons (Fsp3) is 0.415. The lowest BCUT2D eigenvalue weighted by Gasteiger charge is -2.29. The number of hydrogen-bond acceptors (Lipinski definition) is 8. The second-order valence-corrected chi connectivity index (χ2v) is 16.1. The second-order valence-electron chi connectivity index (χ2n) is 13.2. The lowest BCUT2D eigenvalue weighted by Crippen LogP contribution is -2.28. The molecule has 3 aromatic carbocycles. The summed E-state index contributed by atoms with van der Waals surface area (Å²) in [5.41, 5.74) is 6.74. The zero-order chi connectivity index (χ0) is 38.9. The molecule has 1 aliphatic heterocycles. The Labute approximate surface area is 323 Å². The fourth-order valence-corrected chi connectivity index (χ4v) is 7.12. The van der Waals surface area contributed by atoms with Crippen molar-refractivity contribution in [3.05, 3.63) is 96.1 Å². The van der Waals surface area contributed by atoms with E-state index in [1.807, 2.05) is 36.4 Å². The number of anilines is 2. The van der Waals surface area contributed by atoms with Crippen LogP contribution in [0, 0.1) is 0 Å². The van der Waals surface area contributed by atoms with Crippen molar-refractivity contribution in [2.75, 3.05) is 49.4 Å². The van der Waals surface area contributed by atoms with Crippen molar-refractivity contribution in [1.82, 2.24) is 9.55 Å². The molecule has 0 bridgehead atoms. The average molecular weight is 779 g/mol. The zero-order valence-corrected chi connectivity index (χ0v) is 33.5. The third-order valence-electron chi connectivity index (χ3n) is 8.60. The Bertz CT molecular complexity index is 1930. The minimum Gasteiger partial charge on any atom is -0.491 e. The monoisotopic (exact) mass is 778 g/mol. The molecule has 0 saturated carbocycles. The number of fused-ring (bicyclic) bond motifs is 1. The normalized spacial score (nSPS) is 14.4. The van der Waals surface area contributed by atoms with Crippen LogP contribution in [0.3, 0.4) is 0 Å². The van der Waals surface area contributed by atoms with E-state index in [9.17, 15) is 17.4 Å². The van der Waals surface area contributed by atoms with Gasteiger partial charge in [0.1, 0.15) is 12.4 Å². The Hall–Kier alpha value is -4.30. The van der Waals surface area contributed by atoms with Crippen molar-refractivity contribution in [2.24, 2.45) is 0 Å². The number of nitrogens with one attached hydrogen (secondary N) is 1. The molecule has 4 aromatic rings. The molecule has 292 valence electrons. The summed E-state index contributed by atoms with van der Waals surface area (Å²) in [5, 5.41) is 3.09. The van der Waals surface area contributed by atoms with Gasteiger partial charge in [-0.25, -0.2) is 4.98 Å². The van der Waals surface area contributed by atoms with Gasteiger partial charge in [0.25, 0.3) is 16.0 Å². The number of aryl methyl sites for hydroxylation is 1. The largest absolute Gasteiger partial charge is 0.491 e. The van der Waals surface area contributed by atoms with Crippen LogP contribution >= 0.6 is 0 Å². The van der Waals surface area contributed by atoms with Crippen LogP contribution in [-0.4, -0.2) is 71.8 Å². The van der Waals surface area contributed by atoms with E-state index in [1.54, 1.807) is 12.5 Å². The summed E-state index contributed by atoms with van der Waals surface area (Å²) in [6.07, 6.45) is 12.1. The number of hydrogen-bond donors (Lipinski definition) is 2. The highest BCUT2D eigenvalue weighted by molar-refractivity contribution is 7.85. The molecule has 1 atom stereocenters. The Kier molecular flexibility index (Phi) is 16.9. The van der Waals surface area contributed by atoms with E-state index in [-0.39, 0.29) is 5.91 Å². The summed E-state index contributed by atoms with van der Waals surface area (Å²) in [6, 6.07) is 22.0. The van der Waals surface area contributed by atoms with Crippen LogP contribution in [0.2, 0.25) is 0 Å². The molecule has 54 heavy (non-hydrogen) atoms. The van der Waals surface area contributed by atoms with Crippen LogP contribution in [0.5, 0.6) is 5.75 Å². The number of nitrogens with zero attached hydrogens (tertiary/aromatic N) is 3. The van der Waals surface area contributed by atoms with Gasteiger partial charge >= 0.3 is 0 Å². The molecule has 11 nitrogen and oxygen atoms in total. The maximum Gasteiger partial charge on any atom is 0.261 e. The van der Waals surface area contributed by atoms with Gasteiger partial charge in [-0.05, 0) is 103 Å². The quantitative estimate of drug-likeness (QED) is 0.0806. The summed E-state index contributed by atoms with van der Waals surface area (Å²) < 4.78 is 52.5. The molecular weight excluding hydrogens is 725 g/mol. The summed E-state index contributed by atoms with van der Waals surface area (Å²) >= 11 is 0. The molecule has 0 fully saturated rings. The van der Waals surface area contributed by atoms with Gasteiger partial charge in [0.05, 0.1) is 41.4 Å². The smallest absolute Gasteiger partial charge is 0.261 e. The summed E-state index contributed by atoms with van der Waals surface area (Å²) in [7, 11) is -4.88. The van der Waals surface area contributed by atoms with Gasteiger partial charge in [0.2, 0.25) is 0 Å². The summed E-state index contributed by atoms with van der Waals surface area (Å²) in [5.74, 6) is 1.11. The third-order valence-corrected chi connectivity index (χ3v) is 9.96. The van der Waals surface area contributed by atoms with Crippen molar-refractivity contribution >= 4 is 44.3 Å². The number of aromatic nitrogens is 2. The van der Waals surface area contributed by atoms with Crippen LogP contribution in [0.4, 0.5) is 11.4 Å². The maximum atomic E-state index is 13.6. The molecule has 0 unspecified atom stereocenters. The SMILES string of the molecule is CCCCOCCOc1ccc(-c2ccc3c(c2)/C=C(/C(=O)Nc2ccc([S@@](=O)Cc4cncn4CCC)cc2)CCCN3CCC)cc1.CS(=O)(=O)O. The van der Waals surface area contributed by atoms with Gasteiger partial charge in [-0.2, -0.15) is 8.42 Å². The van der Waals surface area contributed by atoms with Crippen molar-refractivity contribution in [3.8, 4) is 16.9 Å². The lowest BCUT2D eigenvalue weighted by molar-refractivity contribution is -0.112. The number of rotatable bonds is 17. The highest BCUT2D eigenvalue weighted by Gasteiger charge is 2.19. The van der Waals surface area contributed by atoms with Crippen LogP contribution in [0.15, 0.2) is 89.7 Å². The third kappa shape index (κ3) is 13.8. The zero-order valence-electron chi connectivity index (χ0n) is 31.8. The first-order valence-electron chi connectivity index (χ1n) is 18.6. The molecular formula is C41H54N4O7S2. The maximum absolute atomic E-state index is 13.6. The Morgan fingerprint density at radius 3 is 2.31 bits per heavy atom.